The van der Waals surface area contributed by atoms with Crippen molar-refractivity contribution in [2.75, 3.05) is 0 Å². The lowest BCUT2D eigenvalue weighted by atomic mass is 10.1. The van der Waals surface area contributed by atoms with Crippen LogP contribution >= 0.6 is 0 Å². The number of carbonyl (C=O) groups excluding carboxylic acids is 1. The number of hydrogen-bond donors (Lipinski definition) is 2. The van der Waals surface area contributed by atoms with Gasteiger partial charge in [-0.25, -0.2) is 9.78 Å². The summed E-state index contributed by atoms with van der Waals surface area (Å²) in [5, 5.41) is 5.49. The van der Waals surface area contributed by atoms with E-state index in [2.05, 4.69) is 15.6 Å². The molecule has 1 aromatic heterocycles. The molecule has 5 heteroatoms. The molecule has 0 aliphatic carbocycles. The van der Waals surface area contributed by atoms with Gasteiger partial charge in [0.2, 0.25) is 0 Å². The van der Waals surface area contributed by atoms with Crippen LogP contribution in [-0.4, -0.2) is 16.6 Å². The van der Waals surface area contributed by atoms with Gasteiger partial charge in [-0.1, -0.05) is 0 Å². The van der Waals surface area contributed by atoms with Crippen molar-refractivity contribution in [3.63, 3.8) is 0 Å². The Labute approximate surface area is 89.3 Å². The van der Waals surface area contributed by atoms with E-state index in [4.69, 9.17) is 4.42 Å². The van der Waals surface area contributed by atoms with Gasteiger partial charge in [-0.3, -0.25) is 0 Å². The molecule has 0 saturated heterocycles. The van der Waals surface area contributed by atoms with Crippen LogP contribution in [0.4, 0.5) is 4.79 Å². The van der Waals surface area contributed by atoms with Crippen molar-refractivity contribution in [2.45, 2.75) is 39.8 Å². The van der Waals surface area contributed by atoms with Crippen LogP contribution in [0.1, 0.15) is 32.2 Å². The van der Waals surface area contributed by atoms with Crippen molar-refractivity contribution in [1.29, 1.82) is 0 Å². The molecule has 0 radical (unpaired) electrons. The first-order valence-corrected chi connectivity index (χ1v) is 4.83. The largest absolute Gasteiger partial charge is 0.446 e. The van der Waals surface area contributed by atoms with Crippen molar-refractivity contribution < 1.29 is 9.21 Å². The number of nitrogens with one attached hydrogen (secondary N) is 2. The first-order chi connectivity index (χ1) is 6.88. The monoisotopic (exact) mass is 211 g/mol. The van der Waals surface area contributed by atoms with E-state index in [0.29, 0.717) is 12.3 Å². The van der Waals surface area contributed by atoms with Crippen LogP contribution in [0.25, 0.3) is 0 Å². The molecular formula is C10H17N3O2. The number of urea groups is 1. The summed E-state index contributed by atoms with van der Waals surface area (Å²) in [6.07, 6.45) is 1.37. The highest BCUT2D eigenvalue weighted by molar-refractivity contribution is 5.74. The third kappa shape index (κ3) is 4.01. The lowest BCUT2D eigenvalue weighted by molar-refractivity contribution is 0.230. The Balaban J connectivity index is 2.38. The number of aromatic nitrogens is 1. The quantitative estimate of drug-likeness (QED) is 0.780. The van der Waals surface area contributed by atoms with Gasteiger partial charge in [0.25, 0.3) is 0 Å². The molecule has 0 aromatic carbocycles. The molecule has 0 unspecified atom stereocenters. The normalized spacial score (nSPS) is 11.2. The second kappa shape index (κ2) is 4.33. The number of rotatable bonds is 2. The summed E-state index contributed by atoms with van der Waals surface area (Å²) >= 11 is 0. The number of carbonyl (C=O) groups is 1. The maximum atomic E-state index is 11.4. The number of nitrogens with zero attached hydrogens (tertiary/aromatic N) is 1. The molecule has 0 aliphatic heterocycles. The van der Waals surface area contributed by atoms with Gasteiger partial charge in [0, 0.05) is 5.54 Å². The van der Waals surface area contributed by atoms with E-state index in [-0.39, 0.29) is 11.6 Å². The zero-order valence-electron chi connectivity index (χ0n) is 9.55. The molecule has 0 aliphatic rings. The Bertz CT molecular complexity index is 339. The molecule has 0 bridgehead atoms. The van der Waals surface area contributed by atoms with Crippen LogP contribution < -0.4 is 10.6 Å². The number of amides is 2. The summed E-state index contributed by atoms with van der Waals surface area (Å²) < 4.78 is 5.09. The summed E-state index contributed by atoms with van der Waals surface area (Å²) in [6, 6.07) is -0.210. The fourth-order valence-electron chi connectivity index (χ4n) is 1.04. The SMILES string of the molecule is Cc1ncoc1CNC(=O)NC(C)(C)C. The van der Waals surface area contributed by atoms with Crippen LogP contribution in [0.3, 0.4) is 0 Å². The molecule has 84 valence electrons. The van der Waals surface area contributed by atoms with E-state index >= 15 is 0 Å². The standard InChI is InChI=1S/C10H17N3O2/c1-7-8(15-6-12-7)5-11-9(14)13-10(2,3)4/h6H,5H2,1-4H3,(H2,11,13,14). The van der Waals surface area contributed by atoms with Crippen LogP contribution in [0, 0.1) is 6.92 Å². The third-order valence-corrected chi connectivity index (χ3v) is 1.74. The zero-order chi connectivity index (χ0) is 11.5. The lowest BCUT2D eigenvalue weighted by Gasteiger charge is -2.20. The van der Waals surface area contributed by atoms with Crippen LogP contribution in [0.5, 0.6) is 0 Å². The Morgan fingerprint density at radius 2 is 2.20 bits per heavy atom. The highest BCUT2D eigenvalue weighted by Crippen LogP contribution is 2.04. The summed E-state index contributed by atoms with van der Waals surface area (Å²) in [6.45, 7) is 7.96. The fourth-order valence-corrected chi connectivity index (χ4v) is 1.04. The molecule has 1 rings (SSSR count). The van der Waals surface area contributed by atoms with Gasteiger partial charge in [-0.15, -0.1) is 0 Å². The van der Waals surface area contributed by atoms with Gasteiger partial charge in [0.05, 0.1) is 12.2 Å². The van der Waals surface area contributed by atoms with Gasteiger partial charge in [-0.2, -0.15) is 0 Å². The topological polar surface area (TPSA) is 67.2 Å². The maximum Gasteiger partial charge on any atom is 0.315 e. The van der Waals surface area contributed by atoms with Crippen LogP contribution in [0.2, 0.25) is 0 Å². The average molecular weight is 211 g/mol. The van der Waals surface area contributed by atoms with E-state index in [9.17, 15) is 4.79 Å². The van der Waals surface area contributed by atoms with Crippen molar-refractivity contribution in [3.8, 4) is 0 Å². The second-order valence-corrected chi connectivity index (χ2v) is 4.42. The number of aryl methyl sites for hydroxylation is 1. The fraction of sp³-hybridized carbons (Fsp3) is 0.600. The number of hydrogen-bond acceptors (Lipinski definition) is 3. The lowest BCUT2D eigenvalue weighted by Crippen LogP contribution is -2.46. The predicted molar refractivity (Wildman–Crippen MR) is 56.4 cm³/mol. The molecule has 0 fully saturated rings. The molecule has 2 amide bonds. The van der Waals surface area contributed by atoms with Crippen LogP contribution in [-0.2, 0) is 6.54 Å². The molecular weight excluding hydrogens is 194 g/mol. The molecule has 0 saturated carbocycles. The zero-order valence-corrected chi connectivity index (χ0v) is 9.55. The van der Waals surface area contributed by atoms with Crippen LogP contribution in [0.15, 0.2) is 10.8 Å². The van der Waals surface area contributed by atoms with Gasteiger partial charge in [0.1, 0.15) is 5.76 Å². The van der Waals surface area contributed by atoms with Crippen molar-refractivity contribution in [1.82, 2.24) is 15.6 Å². The first-order valence-electron chi connectivity index (χ1n) is 4.83. The molecule has 15 heavy (non-hydrogen) atoms. The van der Waals surface area contributed by atoms with Gasteiger partial charge < -0.3 is 15.1 Å². The Morgan fingerprint density at radius 3 is 2.67 bits per heavy atom. The van der Waals surface area contributed by atoms with E-state index in [1.165, 1.54) is 6.39 Å². The van der Waals surface area contributed by atoms with E-state index in [0.717, 1.165) is 5.69 Å². The van der Waals surface area contributed by atoms with E-state index in [1.807, 2.05) is 27.7 Å². The molecule has 0 atom stereocenters. The summed E-state index contributed by atoms with van der Waals surface area (Å²) in [4.78, 5) is 15.3. The van der Waals surface area contributed by atoms with Gasteiger partial charge in [0.15, 0.2) is 6.39 Å². The Morgan fingerprint density at radius 1 is 1.53 bits per heavy atom. The molecule has 1 heterocycles. The molecule has 5 nitrogen and oxygen atoms in total. The Kier molecular flexibility index (Phi) is 3.34. The molecule has 2 N–H and O–H groups in total. The minimum atomic E-state index is -0.236. The molecule has 1 aromatic rings. The van der Waals surface area contributed by atoms with E-state index in [1.54, 1.807) is 0 Å². The first kappa shape index (κ1) is 11.6. The van der Waals surface area contributed by atoms with Crippen molar-refractivity contribution >= 4 is 6.03 Å². The summed E-state index contributed by atoms with van der Waals surface area (Å²) in [7, 11) is 0. The maximum absolute atomic E-state index is 11.4. The molecule has 0 spiro atoms. The highest BCUT2D eigenvalue weighted by atomic mass is 16.3. The van der Waals surface area contributed by atoms with Crippen molar-refractivity contribution in [2.24, 2.45) is 0 Å². The third-order valence-electron chi connectivity index (χ3n) is 1.74. The van der Waals surface area contributed by atoms with Gasteiger partial charge >= 0.3 is 6.03 Å². The number of oxazole rings is 1. The summed E-state index contributed by atoms with van der Waals surface area (Å²) in [5.41, 5.74) is 0.562. The van der Waals surface area contributed by atoms with E-state index < -0.39 is 0 Å². The summed E-state index contributed by atoms with van der Waals surface area (Å²) in [5.74, 6) is 0.680. The second-order valence-electron chi connectivity index (χ2n) is 4.42. The van der Waals surface area contributed by atoms with Gasteiger partial charge in [-0.05, 0) is 27.7 Å². The smallest absolute Gasteiger partial charge is 0.315 e. The highest BCUT2D eigenvalue weighted by Gasteiger charge is 2.13. The predicted octanol–water partition coefficient (Wildman–Crippen LogP) is 1.58. The minimum Gasteiger partial charge on any atom is -0.446 e. The van der Waals surface area contributed by atoms with Crippen molar-refractivity contribution in [3.05, 3.63) is 17.8 Å². The minimum absolute atomic E-state index is 0.210. The Hall–Kier alpha value is -1.52. The average Bonchev–Trinajstić information content (AvgIpc) is 2.44.